The van der Waals surface area contributed by atoms with E-state index in [2.05, 4.69) is 0 Å². The van der Waals surface area contributed by atoms with Gasteiger partial charge in [0.15, 0.2) is 0 Å². The quantitative estimate of drug-likeness (QED) is 0.309. The van der Waals surface area contributed by atoms with E-state index in [9.17, 15) is 8.78 Å². The fourth-order valence-corrected chi connectivity index (χ4v) is 0.493. The Hall–Kier alpha value is 0.846. The minimum atomic E-state index is -1.51. The van der Waals surface area contributed by atoms with E-state index in [0.717, 1.165) is 12.2 Å². The Morgan fingerprint density at radius 1 is 1.33 bits per heavy atom. The number of hydrogen-bond acceptors (Lipinski definition) is 0. The molecular formula is C6H5F2K. The Balaban J connectivity index is 0.000000640. The van der Waals surface area contributed by atoms with Crippen molar-refractivity contribution in [3.8, 4) is 0 Å². The summed E-state index contributed by atoms with van der Waals surface area (Å²) in [6.07, 6.45) is 2.99. The maximum Gasteiger partial charge on any atom is 1.00 e. The summed E-state index contributed by atoms with van der Waals surface area (Å²) < 4.78 is 24.0. The molecule has 0 amide bonds. The second-order valence-electron chi connectivity index (χ2n) is 1.53. The Kier molecular flexibility index (Phi) is 5.06. The van der Waals surface area contributed by atoms with Crippen LogP contribution in [0.3, 0.4) is 0 Å². The molecule has 0 aromatic carbocycles. The monoisotopic (exact) mass is 154 g/mol. The van der Waals surface area contributed by atoms with Gasteiger partial charge >= 0.3 is 51.4 Å². The number of allylic oxidation sites excluding steroid dienone is 4. The van der Waals surface area contributed by atoms with E-state index < -0.39 is 12.3 Å². The summed E-state index contributed by atoms with van der Waals surface area (Å²) in [4.78, 5) is 0. The molecule has 1 rings (SSSR count). The summed E-state index contributed by atoms with van der Waals surface area (Å²) in [7, 11) is 0. The zero-order chi connectivity index (χ0) is 5.98. The molecule has 0 spiro atoms. The number of halogens is 2. The smallest absolute Gasteiger partial charge is 0.321 e. The van der Waals surface area contributed by atoms with Crippen molar-refractivity contribution < 1.29 is 60.2 Å². The summed E-state index contributed by atoms with van der Waals surface area (Å²) in [5.41, 5.74) is 0. The van der Waals surface area contributed by atoms with Gasteiger partial charge < -0.3 is 4.39 Å². The third-order valence-corrected chi connectivity index (χ3v) is 0.910. The van der Waals surface area contributed by atoms with Crippen LogP contribution in [0.15, 0.2) is 24.3 Å². The maximum atomic E-state index is 12.0. The molecule has 1 aliphatic carbocycles. The van der Waals surface area contributed by atoms with Crippen LogP contribution >= 0.6 is 0 Å². The Morgan fingerprint density at radius 2 is 2.00 bits per heavy atom. The van der Waals surface area contributed by atoms with Crippen LogP contribution in [0.1, 0.15) is 0 Å². The molecule has 3 heteroatoms. The number of hydrogen-bond donors (Lipinski definition) is 0. The van der Waals surface area contributed by atoms with Crippen LogP contribution in [0.4, 0.5) is 8.78 Å². The fraction of sp³-hybridized carbons (Fsp3) is 0.167. The van der Waals surface area contributed by atoms with Gasteiger partial charge in [0.25, 0.3) is 0 Å². The molecular weight excluding hydrogens is 149 g/mol. The standard InChI is InChI=1S/C6H5F2.K/c7-5-3-1-2-4-6(5)8;/h1-5H;/q-1;+1. The van der Waals surface area contributed by atoms with E-state index >= 15 is 0 Å². The maximum absolute atomic E-state index is 12.0. The van der Waals surface area contributed by atoms with Crippen LogP contribution in [-0.2, 0) is 0 Å². The van der Waals surface area contributed by atoms with E-state index in [1.807, 2.05) is 0 Å². The van der Waals surface area contributed by atoms with Gasteiger partial charge in [0.2, 0.25) is 0 Å². The molecule has 0 bridgehead atoms. The number of rotatable bonds is 0. The predicted molar refractivity (Wildman–Crippen MR) is 27.5 cm³/mol. The first kappa shape index (κ1) is 9.85. The summed E-state index contributed by atoms with van der Waals surface area (Å²) in [6, 6.07) is 0. The van der Waals surface area contributed by atoms with Gasteiger partial charge in [0, 0.05) is 0 Å². The fourth-order valence-electron chi connectivity index (χ4n) is 0.493. The van der Waals surface area contributed by atoms with Crippen molar-refractivity contribution in [3.05, 3.63) is 30.5 Å². The first-order valence-corrected chi connectivity index (χ1v) is 2.32. The molecule has 0 radical (unpaired) electrons. The minimum Gasteiger partial charge on any atom is -0.321 e. The molecule has 0 fully saturated rings. The summed E-state index contributed by atoms with van der Waals surface area (Å²) >= 11 is 0. The van der Waals surface area contributed by atoms with E-state index in [4.69, 9.17) is 0 Å². The van der Waals surface area contributed by atoms with Crippen molar-refractivity contribution in [3.63, 3.8) is 0 Å². The Morgan fingerprint density at radius 3 is 2.33 bits per heavy atom. The van der Waals surface area contributed by atoms with Gasteiger partial charge in [0.1, 0.15) is 6.17 Å². The zero-order valence-electron chi connectivity index (χ0n) is 5.14. The van der Waals surface area contributed by atoms with E-state index in [-0.39, 0.29) is 51.4 Å². The van der Waals surface area contributed by atoms with Crippen LogP contribution in [0, 0.1) is 6.17 Å². The van der Waals surface area contributed by atoms with Gasteiger partial charge in [-0.15, -0.1) is 6.08 Å². The third-order valence-electron chi connectivity index (χ3n) is 0.910. The van der Waals surface area contributed by atoms with Crippen molar-refractivity contribution in [2.75, 3.05) is 0 Å². The van der Waals surface area contributed by atoms with Crippen LogP contribution in [0.2, 0.25) is 0 Å². The minimum absolute atomic E-state index is 0. The van der Waals surface area contributed by atoms with Gasteiger partial charge in [-0.05, 0) is 6.17 Å². The van der Waals surface area contributed by atoms with Gasteiger partial charge in [-0.3, -0.25) is 4.39 Å². The SMILES string of the molecule is F[C-]1C=CC=CC1F.[K+]. The van der Waals surface area contributed by atoms with Gasteiger partial charge in [-0.2, -0.15) is 6.08 Å². The van der Waals surface area contributed by atoms with Gasteiger partial charge in [-0.1, -0.05) is 6.08 Å². The molecule has 0 nitrogen and oxygen atoms in total. The molecule has 0 saturated carbocycles. The topological polar surface area (TPSA) is 0 Å². The summed E-state index contributed by atoms with van der Waals surface area (Å²) in [5.74, 6) is 0. The largest absolute Gasteiger partial charge is 1.00 e. The summed E-state index contributed by atoms with van der Waals surface area (Å²) in [5, 5.41) is 0. The van der Waals surface area contributed by atoms with Crippen molar-refractivity contribution in [1.29, 1.82) is 0 Å². The second kappa shape index (κ2) is 4.63. The van der Waals surface area contributed by atoms with Crippen molar-refractivity contribution in [2.24, 2.45) is 0 Å². The van der Waals surface area contributed by atoms with E-state index in [1.54, 1.807) is 0 Å². The van der Waals surface area contributed by atoms with Crippen molar-refractivity contribution in [2.45, 2.75) is 6.17 Å². The second-order valence-corrected chi connectivity index (χ2v) is 1.53. The molecule has 1 atom stereocenters. The molecule has 0 saturated heterocycles. The molecule has 0 aromatic heterocycles. The van der Waals surface area contributed by atoms with Gasteiger partial charge in [0.05, 0.1) is 0 Å². The molecule has 1 aliphatic rings. The normalized spacial score (nSPS) is 23.8. The van der Waals surface area contributed by atoms with Gasteiger partial charge in [-0.25, -0.2) is 6.08 Å². The van der Waals surface area contributed by atoms with Crippen LogP contribution in [-0.4, -0.2) is 6.17 Å². The summed E-state index contributed by atoms with van der Waals surface area (Å²) in [6.45, 7) is 0. The first-order chi connectivity index (χ1) is 3.80. The Labute approximate surface area is 95.4 Å². The Bertz CT molecular complexity index is 115. The average molecular weight is 154 g/mol. The molecule has 44 valence electrons. The van der Waals surface area contributed by atoms with E-state index in [1.165, 1.54) is 12.2 Å². The van der Waals surface area contributed by atoms with E-state index in [0.29, 0.717) is 0 Å². The first-order valence-electron chi connectivity index (χ1n) is 2.32. The number of alkyl halides is 1. The van der Waals surface area contributed by atoms with Crippen LogP contribution in [0.5, 0.6) is 0 Å². The van der Waals surface area contributed by atoms with Crippen molar-refractivity contribution >= 4 is 0 Å². The zero-order valence-corrected chi connectivity index (χ0v) is 8.27. The molecule has 0 aliphatic heterocycles. The molecule has 9 heavy (non-hydrogen) atoms. The predicted octanol–water partition coefficient (Wildman–Crippen LogP) is -1.04. The molecule has 0 heterocycles. The van der Waals surface area contributed by atoms with Crippen LogP contribution in [0.25, 0.3) is 0 Å². The molecule has 0 aromatic rings. The van der Waals surface area contributed by atoms with Crippen LogP contribution < -0.4 is 51.4 Å². The molecule has 1 unspecified atom stereocenters. The third kappa shape index (κ3) is 2.95. The van der Waals surface area contributed by atoms with Crippen molar-refractivity contribution in [1.82, 2.24) is 0 Å². The molecule has 0 N–H and O–H groups in total. The average Bonchev–Trinajstić information content (AvgIpc) is 1.77.